The molecule has 0 bridgehead atoms. The van der Waals surface area contributed by atoms with Crippen molar-refractivity contribution in [2.24, 2.45) is 5.92 Å². The summed E-state index contributed by atoms with van der Waals surface area (Å²) in [5.41, 5.74) is -0.200. The van der Waals surface area contributed by atoms with Crippen molar-refractivity contribution < 1.29 is 19.4 Å². The van der Waals surface area contributed by atoms with Gasteiger partial charge < -0.3 is 15.2 Å². The second-order valence-electron chi connectivity index (χ2n) is 6.07. The summed E-state index contributed by atoms with van der Waals surface area (Å²) >= 11 is 6.03. The number of benzene rings is 1. The Morgan fingerprint density at radius 1 is 1.35 bits per heavy atom. The van der Waals surface area contributed by atoms with E-state index in [1.807, 2.05) is 12.1 Å². The summed E-state index contributed by atoms with van der Waals surface area (Å²) < 4.78 is 4.73. The number of hydrogen-bond acceptors (Lipinski definition) is 4. The van der Waals surface area contributed by atoms with Crippen molar-refractivity contribution in [3.63, 3.8) is 0 Å². The Labute approximate surface area is 141 Å². The van der Waals surface area contributed by atoms with E-state index in [4.69, 9.17) is 16.3 Å². The summed E-state index contributed by atoms with van der Waals surface area (Å²) in [5, 5.41) is 13.8. The van der Waals surface area contributed by atoms with Crippen molar-refractivity contribution in [2.45, 2.75) is 37.7 Å². The molecule has 1 saturated carbocycles. The average molecular weight is 340 g/mol. The SMILES string of the molecule is COC(=O)C1CCC(O)(CNC(=O)Cc2ccccc2Cl)CC1. The standard InChI is InChI=1S/C17H22ClNO4/c1-23-16(21)12-6-8-17(22,9-7-12)11-19-15(20)10-13-4-2-3-5-14(13)18/h2-5,12,22H,6-11H2,1H3,(H,19,20). The number of esters is 1. The summed E-state index contributed by atoms with van der Waals surface area (Å²) in [6, 6.07) is 7.19. The predicted octanol–water partition coefficient (Wildman–Crippen LogP) is 2.09. The highest BCUT2D eigenvalue weighted by Crippen LogP contribution is 2.32. The van der Waals surface area contributed by atoms with Crippen LogP contribution in [0.5, 0.6) is 0 Å². The number of hydrogen-bond donors (Lipinski definition) is 2. The number of methoxy groups -OCH3 is 1. The molecule has 1 aliphatic rings. The molecule has 0 unspecified atom stereocenters. The minimum Gasteiger partial charge on any atom is -0.469 e. The molecule has 2 rings (SSSR count). The Kier molecular flexibility index (Phi) is 6.02. The van der Waals surface area contributed by atoms with Crippen molar-refractivity contribution in [3.05, 3.63) is 34.9 Å². The van der Waals surface area contributed by atoms with Crippen molar-refractivity contribution in [3.8, 4) is 0 Å². The van der Waals surface area contributed by atoms with E-state index in [-0.39, 0.29) is 30.8 Å². The average Bonchev–Trinajstić information content (AvgIpc) is 2.55. The molecule has 2 N–H and O–H groups in total. The van der Waals surface area contributed by atoms with Gasteiger partial charge in [-0.15, -0.1) is 0 Å². The number of aliphatic hydroxyl groups is 1. The molecule has 5 nitrogen and oxygen atoms in total. The van der Waals surface area contributed by atoms with Gasteiger partial charge in [-0.3, -0.25) is 9.59 Å². The van der Waals surface area contributed by atoms with E-state index in [1.165, 1.54) is 7.11 Å². The maximum atomic E-state index is 12.0. The van der Waals surface area contributed by atoms with Gasteiger partial charge in [-0.25, -0.2) is 0 Å². The van der Waals surface area contributed by atoms with Crippen LogP contribution in [0.2, 0.25) is 5.02 Å². The first-order valence-electron chi connectivity index (χ1n) is 7.74. The Morgan fingerprint density at radius 2 is 2.00 bits per heavy atom. The van der Waals surface area contributed by atoms with E-state index in [9.17, 15) is 14.7 Å². The van der Waals surface area contributed by atoms with Crippen LogP contribution < -0.4 is 5.32 Å². The summed E-state index contributed by atoms with van der Waals surface area (Å²) in [6.07, 6.45) is 2.27. The number of nitrogens with one attached hydrogen (secondary N) is 1. The lowest BCUT2D eigenvalue weighted by molar-refractivity contribution is -0.148. The first kappa shape index (κ1) is 17.8. The second kappa shape index (κ2) is 7.79. The fourth-order valence-electron chi connectivity index (χ4n) is 2.87. The highest BCUT2D eigenvalue weighted by atomic mass is 35.5. The number of halogens is 1. The van der Waals surface area contributed by atoms with Crippen molar-refractivity contribution >= 4 is 23.5 Å². The largest absolute Gasteiger partial charge is 0.469 e. The first-order valence-corrected chi connectivity index (χ1v) is 8.12. The van der Waals surface area contributed by atoms with Gasteiger partial charge in [0, 0.05) is 11.6 Å². The van der Waals surface area contributed by atoms with Crippen LogP contribution in [0, 0.1) is 5.92 Å². The Morgan fingerprint density at radius 3 is 2.61 bits per heavy atom. The quantitative estimate of drug-likeness (QED) is 0.805. The van der Waals surface area contributed by atoms with Gasteiger partial charge in [0.25, 0.3) is 0 Å². The van der Waals surface area contributed by atoms with Crippen molar-refractivity contribution in [2.75, 3.05) is 13.7 Å². The number of carbonyl (C=O) groups is 2. The summed E-state index contributed by atoms with van der Waals surface area (Å²) in [5.74, 6) is -0.560. The molecule has 0 heterocycles. The molecular formula is C17H22ClNO4. The van der Waals surface area contributed by atoms with Crippen LogP contribution in [-0.4, -0.2) is 36.2 Å². The van der Waals surface area contributed by atoms with Crippen molar-refractivity contribution in [1.82, 2.24) is 5.32 Å². The maximum absolute atomic E-state index is 12.0. The van der Waals surface area contributed by atoms with Gasteiger partial charge in [0.1, 0.15) is 0 Å². The molecule has 1 aromatic rings. The number of rotatable bonds is 5. The minimum absolute atomic E-state index is 0.154. The molecule has 0 aromatic heterocycles. The number of carbonyl (C=O) groups excluding carboxylic acids is 2. The van der Waals surface area contributed by atoms with Crippen LogP contribution >= 0.6 is 11.6 Å². The van der Waals surface area contributed by atoms with Crippen LogP contribution in [0.4, 0.5) is 0 Å². The van der Waals surface area contributed by atoms with Crippen LogP contribution in [0.1, 0.15) is 31.2 Å². The van der Waals surface area contributed by atoms with Gasteiger partial charge in [0.2, 0.25) is 5.91 Å². The lowest BCUT2D eigenvalue weighted by Gasteiger charge is -2.35. The van der Waals surface area contributed by atoms with E-state index in [0.717, 1.165) is 5.56 Å². The molecule has 0 saturated heterocycles. The van der Waals surface area contributed by atoms with E-state index in [0.29, 0.717) is 30.7 Å². The van der Waals surface area contributed by atoms with Crippen LogP contribution in [0.25, 0.3) is 0 Å². The predicted molar refractivity (Wildman–Crippen MR) is 87.1 cm³/mol. The smallest absolute Gasteiger partial charge is 0.308 e. The maximum Gasteiger partial charge on any atom is 0.308 e. The first-order chi connectivity index (χ1) is 10.9. The molecule has 126 valence electrons. The van der Waals surface area contributed by atoms with E-state index in [2.05, 4.69) is 5.32 Å². The summed E-state index contributed by atoms with van der Waals surface area (Å²) in [4.78, 5) is 23.5. The third-order valence-electron chi connectivity index (χ3n) is 4.37. The molecule has 0 atom stereocenters. The van der Waals surface area contributed by atoms with Crippen molar-refractivity contribution in [1.29, 1.82) is 0 Å². The van der Waals surface area contributed by atoms with Gasteiger partial charge in [-0.05, 0) is 37.3 Å². The second-order valence-corrected chi connectivity index (χ2v) is 6.47. The monoisotopic (exact) mass is 339 g/mol. The normalized spacial score (nSPS) is 24.0. The molecule has 1 aromatic carbocycles. The molecule has 0 radical (unpaired) electrons. The van der Waals surface area contributed by atoms with Gasteiger partial charge >= 0.3 is 5.97 Å². The van der Waals surface area contributed by atoms with E-state index in [1.54, 1.807) is 12.1 Å². The van der Waals surface area contributed by atoms with Gasteiger partial charge in [-0.2, -0.15) is 0 Å². The molecule has 0 aliphatic heterocycles. The highest BCUT2D eigenvalue weighted by molar-refractivity contribution is 6.31. The zero-order chi connectivity index (χ0) is 16.9. The zero-order valence-electron chi connectivity index (χ0n) is 13.2. The zero-order valence-corrected chi connectivity index (χ0v) is 13.9. The lowest BCUT2D eigenvalue weighted by atomic mass is 9.78. The Balaban J connectivity index is 1.80. The Bertz CT molecular complexity index is 567. The summed E-state index contributed by atoms with van der Waals surface area (Å²) in [7, 11) is 1.37. The molecule has 6 heteroatoms. The number of amides is 1. The fraction of sp³-hybridized carbons (Fsp3) is 0.529. The summed E-state index contributed by atoms with van der Waals surface area (Å²) in [6.45, 7) is 0.185. The van der Waals surface area contributed by atoms with Crippen LogP contribution in [0.3, 0.4) is 0 Å². The molecule has 0 spiro atoms. The van der Waals surface area contributed by atoms with Gasteiger partial charge in [-0.1, -0.05) is 29.8 Å². The third kappa shape index (κ3) is 4.94. The third-order valence-corrected chi connectivity index (χ3v) is 4.74. The topological polar surface area (TPSA) is 75.6 Å². The fourth-order valence-corrected chi connectivity index (χ4v) is 3.08. The van der Waals surface area contributed by atoms with E-state index >= 15 is 0 Å². The molecule has 1 amide bonds. The van der Waals surface area contributed by atoms with Crippen LogP contribution in [-0.2, 0) is 20.7 Å². The highest BCUT2D eigenvalue weighted by Gasteiger charge is 2.36. The van der Waals surface area contributed by atoms with Gasteiger partial charge in [0.15, 0.2) is 0 Å². The lowest BCUT2D eigenvalue weighted by Crippen LogP contribution is -2.46. The molecule has 1 fully saturated rings. The van der Waals surface area contributed by atoms with Crippen LogP contribution in [0.15, 0.2) is 24.3 Å². The Hall–Kier alpha value is -1.59. The molecule has 1 aliphatic carbocycles. The van der Waals surface area contributed by atoms with Gasteiger partial charge in [0.05, 0.1) is 25.0 Å². The molecule has 23 heavy (non-hydrogen) atoms. The minimum atomic E-state index is -0.958. The van der Waals surface area contributed by atoms with E-state index < -0.39 is 5.60 Å². The number of ether oxygens (including phenoxy) is 1. The molecular weight excluding hydrogens is 318 g/mol.